The van der Waals surface area contributed by atoms with Crippen LogP contribution in [0.2, 0.25) is 0 Å². The normalized spacial score (nSPS) is 17.5. The molecule has 1 aromatic rings. The van der Waals surface area contributed by atoms with E-state index in [0.717, 1.165) is 11.4 Å². The number of aromatic nitrogens is 3. The second kappa shape index (κ2) is 5.28. The van der Waals surface area contributed by atoms with E-state index in [0.29, 0.717) is 25.0 Å². The molecule has 17 heavy (non-hydrogen) atoms. The molecule has 0 bridgehead atoms. The fourth-order valence-corrected chi connectivity index (χ4v) is 2.29. The Morgan fingerprint density at radius 1 is 1.59 bits per heavy atom. The minimum absolute atomic E-state index is 0.302. The summed E-state index contributed by atoms with van der Waals surface area (Å²) < 4.78 is 7.13. The number of nitrogens with zero attached hydrogens (tertiary/aromatic N) is 4. The maximum atomic E-state index is 8.76. The first-order valence-corrected chi connectivity index (χ1v) is 6.06. The van der Waals surface area contributed by atoms with Crippen molar-refractivity contribution < 1.29 is 4.74 Å². The van der Waals surface area contributed by atoms with Crippen LogP contribution in [-0.4, -0.2) is 22.1 Å². The highest BCUT2D eigenvalue weighted by molar-refractivity contribution is 5.14. The Morgan fingerprint density at radius 2 is 2.35 bits per heavy atom. The lowest BCUT2D eigenvalue weighted by atomic mass is 9.80. The zero-order chi connectivity index (χ0) is 12.3. The second-order valence-electron chi connectivity index (χ2n) is 4.63. The van der Waals surface area contributed by atoms with Gasteiger partial charge in [0.2, 0.25) is 0 Å². The molecule has 0 saturated heterocycles. The van der Waals surface area contributed by atoms with E-state index in [9.17, 15) is 0 Å². The van der Waals surface area contributed by atoms with Crippen LogP contribution < -0.4 is 0 Å². The fourth-order valence-electron chi connectivity index (χ4n) is 2.29. The summed E-state index contributed by atoms with van der Waals surface area (Å²) in [6.45, 7) is 2.65. The molecule has 0 aliphatic heterocycles. The van der Waals surface area contributed by atoms with Gasteiger partial charge in [-0.1, -0.05) is 11.6 Å². The van der Waals surface area contributed by atoms with Gasteiger partial charge in [0.05, 0.1) is 30.8 Å². The molecule has 0 N–H and O–H groups in total. The third-order valence-corrected chi connectivity index (χ3v) is 3.62. The lowest BCUT2D eigenvalue weighted by Crippen LogP contribution is -2.25. The topological polar surface area (TPSA) is 63.7 Å². The van der Waals surface area contributed by atoms with Crippen LogP contribution in [0.3, 0.4) is 0 Å². The summed E-state index contributed by atoms with van der Waals surface area (Å²) in [6, 6.07) is 2.48. The number of hydrogen-bond acceptors (Lipinski definition) is 4. The average Bonchev–Trinajstić information content (AvgIpc) is 2.60. The molecule has 0 radical (unpaired) electrons. The van der Waals surface area contributed by atoms with Gasteiger partial charge in [-0.15, -0.1) is 5.10 Å². The Kier molecular flexibility index (Phi) is 3.75. The van der Waals surface area contributed by atoms with Gasteiger partial charge in [0.25, 0.3) is 0 Å². The van der Waals surface area contributed by atoms with Gasteiger partial charge in [-0.05, 0) is 25.7 Å². The van der Waals surface area contributed by atoms with Crippen molar-refractivity contribution in [2.24, 2.45) is 5.92 Å². The molecule has 2 rings (SSSR count). The van der Waals surface area contributed by atoms with Crippen LogP contribution in [0.5, 0.6) is 0 Å². The van der Waals surface area contributed by atoms with E-state index < -0.39 is 0 Å². The van der Waals surface area contributed by atoms with Crippen molar-refractivity contribution >= 4 is 0 Å². The molecule has 1 atom stereocenters. The molecule has 0 spiro atoms. The Labute approximate surface area is 101 Å². The Bertz CT molecular complexity index is 417. The minimum atomic E-state index is 0.302. The summed E-state index contributed by atoms with van der Waals surface area (Å²) in [6.07, 6.45) is 4.15. The lowest BCUT2D eigenvalue weighted by Gasteiger charge is -2.32. The van der Waals surface area contributed by atoms with Gasteiger partial charge in [-0.2, -0.15) is 5.26 Å². The standard InChI is InChI=1S/C12H18N4O/c1-9(10-4-3-5-10)16-12(8-17-2)11(6-7-13)14-15-16/h9-10H,3-6,8H2,1-2H3. The van der Waals surface area contributed by atoms with Crippen molar-refractivity contribution in [3.05, 3.63) is 11.4 Å². The highest BCUT2D eigenvalue weighted by Crippen LogP contribution is 2.36. The number of rotatable bonds is 5. The third-order valence-electron chi connectivity index (χ3n) is 3.62. The number of ether oxygens (including phenoxy) is 1. The molecule has 92 valence electrons. The van der Waals surface area contributed by atoms with Crippen LogP contribution in [-0.2, 0) is 17.8 Å². The Hall–Kier alpha value is -1.41. The van der Waals surface area contributed by atoms with Gasteiger partial charge in [-0.3, -0.25) is 0 Å². The largest absolute Gasteiger partial charge is 0.378 e. The molecular formula is C12H18N4O. The summed E-state index contributed by atoms with van der Waals surface area (Å²) in [5.41, 5.74) is 1.70. The minimum Gasteiger partial charge on any atom is -0.378 e. The summed E-state index contributed by atoms with van der Waals surface area (Å²) in [5, 5.41) is 17.0. The predicted octanol–water partition coefficient (Wildman–Crippen LogP) is 1.85. The second-order valence-corrected chi connectivity index (χ2v) is 4.63. The summed E-state index contributed by atoms with van der Waals surface area (Å²) >= 11 is 0. The van der Waals surface area contributed by atoms with Crippen molar-refractivity contribution in [3.8, 4) is 6.07 Å². The smallest absolute Gasteiger partial charge is 0.102 e. The fraction of sp³-hybridized carbons (Fsp3) is 0.750. The van der Waals surface area contributed by atoms with Crippen LogP contribution >= 0.6 is 0 Å². The molecule has 0 aromatic carbocycles. The zero-order valence-corrected chi connectivity index (χ0v) is 10.4. The first kappa shape index (κ1) is 12.1. The Balaban J connectivity index is 2.22. The number of methoxy groups -OCH3 is 1. The van der Waals surface area contributed by atoms with Gasteiger partial charge in [0.1, 0.15) is 5.69 Å². The predicted molar refractivity (Wildman–Crippen MR) is 62.1 cm³/mol. The van der Waals surface area contributed by atoms with Crippen LogP contribution in [0.4, 0.5) is 0 Å². The van der Waals surface area contributed by atoms with Gasteiger partial charge < -0.3 is 4.74 Å². The van der Waals surface area contributed by atoms with Crippen LogP contribution in [0.25, 0.3) is 0 Å². The van der Waals surface area contributed by atoms with Gasteiger partial charge in [0, 0.05) is 7.11 Å². The van der Waals surface area contributed by atoms with Gasteiger partial charge in [0.15, 0.2) is 0 Å². The molecule has 5 nitrogen and oxygen atoms in total. The van der Waals surface area contributed by atoms with Crippen LogP contribution in [0.1, 0.15) is 43.6 Å². The van der Waals surface area contributed by atoms with E-state index in [-0.39, 0.29) is 0 Å². The van der Waals surface area contributed by atoms with E-state index in [2.05, 4.69) is 23.3 Å². The van der Waals surface area contributed by atoms with Crippen molar-refractivity contribution in [2.45, 2.75) is 45.3 Å². The molecule has 1 aromatic heterocycles. The van der Waals surface area contributed by atoms with Crippen LogP contribution in [0, 0.1) is 17.2 Å². The van der Waals surface area contributed by atoms with Crippen LogP contribution in [0.15, 0.2) is 0 Å². The maximum Gasteiger partial charge on any atom is 0.102 e. The van der Waals surface area contributed by atoms with Crippen molar-refractivity contribution in [2.75, 3.05) is 7.11 Å². The summed E-state index contributed by atoms with van der Waals surface area (Å²) in [5.74, 6) is 0.697. The SMILES string of the molecule is COCc1c(CC#N)nnn1C(C)C1CCC1. The maximum absolute atomic E-state index is 8.76. The molecular weight excluding hydrogens is 216 g/mol. The summed E-state index contributed by atoms with van der Waals surface area (Å²) in [4.78, 5) is 0. The molecule has 1 aliphatic rings. The molecule has 0 amide bonds. The van der Waals surface area contributed by atoms with Crippen molar-refractivity contribution in [1.82, 2.24) is 15.0 Å². The molecule has 5 heteroatoms. The van der Waals surface area contributed by atoms with E-state index in [1.807, 2.05) is 4.68 Å². The van der Waals surface area contributed by atoms with Gasteiger partial charge >= 0.3 is 0 Å². The van der Waals surface area contributed by atoms with Gasteiger partial charge in [-0.25, -0.2) is 4.68 Å². The quantitative estimate of drug-likeness (QED) is 0.780. The molecule has 1 saturated carbocycles. The molecule has 1 unspecified atom stereocenters. The molecule has 1 heterocycles. The van der Waals surface area contributed by atoms with E-state index in [1.54, 1.807) is 7.11 Å². The van der Waals surface area contributed by atoms with Crippen molar-refractivity contribution in [3.63, 3.8) is 0 Å². The van der Waals surface area contributed by atoms with Crippen molar-refractivity contribution in [1.29, 1.82) is 5.26 Å². The number of hydrogen-bond donors (Lipinski definition) is 0. The number of nitriles is 1. The van der Waals surface area contributed by atoms with E-state index >= 15 is 0 Å². The first-order chi connectivity index (χ1) is 8.27. The highest BCUT2D eigenvalue weighted by atomic mass is 16.5. The molecule has 1 fully saturated rings. The van der Waals surface area contributed by atoms with E-state index in [4.69, 9.17) is 10.00 Å². The molecule has 1 aliphatic carbocycles. The zero-order valence-electron chi connectivity index (χ0n) is 10.4. The monoisotopic (exact) mass is 234 g/mol. The lowest BCUT2D eigenvalue weighted by molar-refractivity contribution is 0.158. The highest BCUT2D eigenvalue weighted by Gasteiger charge is 2.28. The Morgan fingerprint density at radius 3 is 2.88 bits per heavy atom. The van der Waals surface area contributed by atoms with E-state index in [1.165, 1.54) is 19.3 Å². The first-order valence-electron chi connectivity index (χ1n) is 6.06. The summed E-state index contributed by atoms with van der Waals surface area (Å²) in [7, 11) is 1.65. The third kappa shape index (κ3) is 2.32. The average molecular weight is 234 g/mol.